The number of carbonyl (C=O) groups is 1. The summed E-state index contributed by atoms with van der Waals surface area (Å²) in [6, 6.07) is 5.84. The highest BCUT2D eigenvalue weighted by Gasteiger charge is 2.27. The molecule has 1 aromatic carbocycles. The van der Waals surface area contributed by atoms with Crippen LogP contribution in [-0.4, -0.2) is 64.9 Å². The predicted molar refractivity (Wildman–Crippen MR) is 99.9 cm³/mol. The normalized spacial score (nSPS) is 16.6. The summed E-state index contributed by atoms with van der Waals surface area (Å²) in [6.45, 7) is 1.44. The van der Waals surface area contributed by atoms with Crippen LogP contribution in [-0.2, 0) is 11.8 Å². The largest absolute Gasteiger partial charge is 0.387 e. The number of aromatic nitrogens is 2. The number of benzene rings is 1. The lowest BCUT2D eigenvalue weighted by Crippen LogP contribution is -2.55. The molecule has 0 saturated carbocycles. The van der Waals surface area contributed by atoms with E-state index in [4.69, 9.17) is 0 Å². The minimum atomic E-state index is -0.884. The van der Waals surface area contributed by atoms with Crippen LogP contribution >= 0.6 is 0 Å². The van der Waals surface area contributed by atoms with Gasteiger partial charge < -0.3 is 20.2 Å². The highest BCUT2D eigenvalue weighted by molar-refractivity contribution is 5.98. The minimum absolute atomic E-state index is 0.0529. The molecule has 3 rings (SSSR count). The third-order valence-electron chi connectivity index (χ3n) is 4.42. The Kier molecular flexibility index (Phi) is 5.70. The van der Waals surface area contributed by atoms with Gasteiger partial charge in [-0.1, -0.05) is 12.1 Å². The first-order valence-corrected chi connectivity index (χ1v) is 8.66. The number of nitrogens with zero attached hydrogens (tertiary/aromatic N) is 5. The van der Waals surface area contributed by atoms with Gasteiger partial charge in [0, 0.05) is 39.9 Å². The molecular weight excluding hydrogens is 351 g/mol. The van der Waals surface area contributed by atoms with Gasteiger partial charge in [0.1, 0.15) is 12.4 Å². The zero-order valence-corrected chi connectivity index (χ0v) is 15.3. The summed E-state index contributed by atoms with van der Waals surface area (Å²) in [5, 5.41) is 17.4. The second-order valence-corrected chi connectivity index (χ2v) is 6.34. The summed E-state index contributed by atoms with van der Waals surface area (Å²) in [6.07, 6.45) is 2.58. The molecule has 0 bridgehead atoms. The standard InChI is InChI=1S/C18H23FN6O2/c1-20-18(21-10-16(26)13-4-3-5-14(19)8-13)24-6-7-25(17(27)12-24)15-9-22-23(2)11-15/h3-5,8-9,11,16,26H,6-7,10,12H2,1-2H3,(H,20,21). The Morgan fingerprint density at radius 1 is 1.44 bits per heavy atom. The fourth-order valence-electron chi connectivity index (χ4n) is 3.03. The molecule has 2 aromatic rings. The summed E-state index contributed by atoms with van der Waals surface area (Å²) in [5.74, 6) is 0.0700. The molecule has 2 heterocycles. The van der Waals surface area contributed by atoms with Crippen molar-refractivity contribution in [2.24, 2.45) is 12.0 Å². The lowest BCUT2D eigenvalue weighted by molar-refractivity contribution is -0.120. The number of aliphatic hydroxyl groups excluding tert-OH is 1. The van der Waals surface area contributed by atoms with Crippen molar-refractivity contribution in [2.45, 2.75) is 6.10 Å². The van der Waals surface area contributed by atoms with Crippen LogP contribution in [0.15, 0.2) is 41.7 Å². The number of aliphatic imine (C=N–C) groups is 1. The van der Waals surface area contributed by atoms with Gasteiger partial charge in [-0.2, -0.15) is 5.10 Å². The monoisotopic (exact) mass is 374 g/mol. The summed E-state index contributed by atoms with van der Waals surface area (Å²) in [7, 11) is 3.43. The van der Waals surface area contributed by atoms with Crippen LogP contribution in [0.3, 0.4) is 0 Å². The molecule has 27 heavy (non-hydrogen) atoms. The Balaban J connectivity index is 1.58. The maximum atomic E-state index is 13.3. The predicted octanol–water partition coefficient (Wildman–Crippen LogP) is 0.517. The van der Waals surface area contributed by atoms with Crippen LogP contribution in [0.1, 0.15) is 11.7 Å². The smallest absolute Gasteiger partial charge is 0.246 e. The molecular formula is C18H23FN6O2. The first-order valence-electron chi connectivity index (χ1n) is 8.66. The molecule has 1 saturated heterocycles. The van der Waals surface area contributed by atoms with E-state index in [2.05, 4.69) is 15.4 Å². The van der Waals surface area contributed by atoms with Crippen molar-refractivity contribution >= 4 is 17.6 Å². The maximum Gasteiger partial charge on any atom is 0.246 e. The Hall–Kier alpha value is -2.94. The summed E-state index contributed by atoms with van der Waals surface area (Å²) in [4.78, 5) is 20.2. The fourth-order valence-corrected chi connectivity index (χ4v) is 3.03. The molecule has 1 fully saturated rings. The van der Waals surface area contributed by atoms with Crippen LogP contribution in [0, 0.1) is 5.82 Å². The van der Waals surface area contributed by atoms with E-state index in [9.17, 15) is 14.3 Å². The Bertz CT molecular complexity index is 837. The number of aliphatic hydroxyl groups is 1. The van der Waals surface area contributed by atoms with Crippen LogP contribution in [0.5, 0.6) is 0 Å². The number of hydrogen-bond acceptors (Lipinski definition) is 4. The molecule has 0 radical (unpaired) electrons. The number of rotatable bonds is 4. The van der Waals surface area contributed by atoms with E-state index in [1.807, 2.05) is 4.90 Å². The number of piperazine rings is 1. The zero-order valence-electron chi connectivity index (χ0n) is 15.3. The quantitative estimate of drug-likeness (QED) is 0.602. The number of amides is 1. The lowest BCUT2D eigenvalue weighted by atomic mass is 10.1. The molecule has 1 aromatic heterocycles. The summed E-state index contributed by atoms with van der Waals surface area (Å²) < 4.78 is 14.9. The van der Waals surface area contributed by atoms with Crippen molar-refractivity contribution < 1.29 is 14.3 Å². The third-order valence-corrected chi connectivity index (χ3v) is 4.42. The summed E-state index contributed by atoms with van der Waals surface area (Å²) in [5.41, 5.74) is 1.25. The SMILES string of the molecule is CN=C(NCC(O)c1cccc(F)c1)N1CCN(c2cnn(C)c2)C(=O)C1. The van der Waals surface area contributed by atoms with Crippen LogP contribution in [0.25, 0.3) is 0 Å². The topological polar surface area (TPSA) is 86.0 Å². The number of hydrogen-bond donors (Lipinski definition) is 2. The van der Waals surface area contributed by atoms with E-state index < -0.39 is 11.9 Å². The number of aryl methyl sites for hydroxylation is 1. The second kappa shape index (κ2) is 8.17. The zero-order chi connectivity index (χ0) is 19.4. The minimum Gasteiger partial charge on any atom is -0.387 e. The number of guanidine groups is 1. The molecule has 144 valence electrons. The number of carbonyl (C=O) groups excluding carboxylic acids is 1. The van der Waals surface area contributed by atoms with E-state index in [1.54, 1.807) is 48.2 Å². The first-order chi connectivity index (χ1) is 13.0. The van der Waals surface area contributed by atoms with Gasteiger partial charge in [-0.3, -0.25) is 14.5 Å². The van der Waals surface area contributed by atoms with Gasteiger partial charge in [-0.05, 0) is 17.7 Å². The van der Waals surface area contributed by atoms with E-state index in [0.717, 1.165) is 5.69 Å². The van der Waals surface area contributed by atoms with Crippen molar-refractivity contribution in [3.8, 4) is 0 Å². The van der Waals surface area contributed by atoms with Gasteiger partial charge in [0.2, 0.25) is 5.91 Å². The molecule has 0 aliphatic carbocycles. The van der Waals surface area contributed by atoms with Gasteiger partial charge in [-0.15, -0.1) is 0 Å². The molecule has 1 unspecified atom stereocenters. The van der Waals surface area contributed by atoms with E-state index in [0.29, 0.717) is 24.6 Å². The van der Waals surface area contributed by atoms with Crippen molar-refractivity contribution in [1.82, 2.24) is 20.0 Å². The number of nitrogens with one attached hydrogen (secondary N) is 1. The molecule has 0 spiro atoms. The number of anilines is 1. The second-order valence-electron chi connectivity index (χ2n) is 6.34. The maximum absolute atomic E-state index is 13.3. The Morgan fingerprint density at radius 2 is 2.26 bits per heavy atom. The van der Waals surface area contributed by atoms with Gasteiger partial charge in [0.05, 0.1) is 18.0 Å². The molecule has 2 N–H and O–H groups in total. The first kappa shape index (κ1) is 18.8. The van der Waals surface area contributed by atoms with E-state index in [1.165, 1.54) is 12.1 Å². The van der Waals surface area contributed by atoms with E-state index >= 15 is 0 Å². The Morgan fingerprint density at radius 3 is 2.89 bits per heavy atom. The van der Waals surface area contributed by atoms with E-state index in [-0.39, 0.29) is 19.0 Å². The lowest BCUT2D eigenvalue weighted by Gasteiger charge is -2.35. The van der Waals surface area contributed by atoms with Crippen molar-refractivity contribution in [1.29, 1.82) is 0 Å². The van der Waals surface area contributed by atoms with Crippen LogP contribution in [0.2, 0.25) is 0 Å². The molecule has 8 nitrogen and oxygen atoms in total. The van der Waals surface area contributed by atoms with Gasteiger partial charge in [0.25, 0.3) is 0 Å². The van der Waals surface area contributed by atoms with Crippen molar-refractivity contribution in [3.05, 3.63) is 48.0 Å². The molecule has 1 atom stereocenters. The van der Waals surface area contributed by atoms with Gasteiger partial charge in [0.15, 0.2) is 5.96 Å². The van der Waals surface area contributed by atoms with Crippen LogP contribution in [0.4, 0.5) is 10.1 Å². The fraction of sp³-hybridized carbons (Fsp3) is 0.389. The Labute approximate surface area is 156 Å². The van der Waals surface area contributed by atoms with Crippen LogP contribution < -0.4 is 10.2 Å². The van der Waals surface area contributed by atoms with Gasteiger partial charge >= 0.3 is 0 Å². The summed E-state index contributed by atoms with van der Waals surface area (Å²) >= 11 is 0. The van der Waals surface area contributed by atoms with Gasteiger partial charge in [-0.25, -0.2) is 4.39 Å². The molecule has 1 aliphatic rings. The highest BCUT2D eigenvalue weighted by Crippen LogP contribution is 2.17. The third kappa shape index (κ3) is 4.43. The molecule has 1 amide bonds. The average molecular weight is 374 g/mol. The number of halogens is 1. The average Bonchev–Trinajstić information content (AvgIpc) is 3.08. The van der Waals surface area contributed by atoms with Crippen molar-refractivity contribution in [2.75, 3.05) is 38.1 Å². The van der Waals surface area contributed by atoms with Crippen molar-refractivity contribution in [3.63, 3.8) is 0 Å². The molecule has 9 heteroatoms. The molecule has 1 aliphatic heterocycles. The highest BCUT2D eigenvalue weighted by atomic mass is 19.1.